The van der Waals surface area contributed by atoms with Crippen LogP contribution in [0.5, 0.6) is 0 Å². The van der Waals surface area contributed by atoms with Gasteiger partial charge in [0.05, 0.1) is 17.7 Å². The molecule has 3 saturated heterocycles. The van der Waals surface area contributed by atoms with E-state index in [2.05, 4.69) is 10.6 Å². The van der Waals surface area contributed by atoms with Gasteiger partial charge in [0.1, 0.15) is 25.4 Å². The largest absolute Gasteiger partial charge is 0.463 e. The van der Waals surface area contributed by atoms with Gasteiger partial charge in [-0.3, -0.25) is 28.8 Å². The van der Waals surface area contributed by atoms with Crippen LogP contribution in [0, 0.1) is 5.92 Å². The number of nitrogens with one attached hydrogen (secondary N) is 2. The van der Waals surface area contributed by atoms with Crippen LogP contribution in [0.1, 0.15) is 34.6 Å². The molecular weight excluding hydrogens is 628 g/mol. The van der Waals surface area contributed by atoms with Gasteiger partial charge in [-0.25, -0.2) is 4.79 Å². The Morgan fingerprint density at radius 3 is 2.21 bits per heavy atom. The second-order valence-corrected chi connectivity index (χ2v) is 11.7. The molecule has 18 heteroatoms. The predicted molar refractivity (Wildman–Crippen MR) is 151 cm³/mol. The van der Waals surface area contributed by atoms with Gasteiger partial charge in [0.15, 0.2) is 23.7 Å². The first-order valence-corrected chi connectivity index (χ1v) is 14.7. The fourth-order valence-electron chi connectivity index (χ4n) is 6.92. The number of piperazine rings is 1. The van der Waals surface area contributed by atoms with E-state index in [1.165, 1.54) is 14.0 Å². The smallest absolute Gasteiger partial charge is 0.404 e. The molecule has 4 aliphatic heterocycles. The monoisotopic (exact) mass is 664 g/mol. The molecule has 0 saturated carbocycles. The van der Waals surface area contributed by atoms with Crippen molar-refractivity contribution < 1.29 is 66.7 Å². The molecule has 0 unspecified atom stereocenters. The molecule has 5 aliphatic rings. The van der Waals surface area contributed by atoms with Gasteiger partial charge in [-0.2, -0.15) is 0 Å². The zero-order valence-electron chi connectivity index (χ0n) is 26.5. The maximum absolute atomic E-state index is 14.4. The molecule has 0 aromatic heterocycles. The van der Waals surface area contributed by atoms with Gasteiger partial charge in [-0.05, 0) is 6.92 Å². The first kappa shape index (κ1) is 33.8. The lowest BCUT2D eigenvalue weighted by Gasteiger charge is -2.45. The van der Waals surface area contributed by atoms with Gasteiger partial charge < -0.3 is 54.4 Å². The van der Waals surface area contributed by atoms with Crippen molar-refractivity contribution in [1.29, 1.82) is 0 Å². The minimum absolute atomic E-state index is 0.0310. The van der Waals surface area contributed by atoms with E-state index in [0.29, 0.717) is 6.54 Å². The molecule has 2 amide bonds. The Balaban J connectivity index is 1.54. The van der Waals surface area contributed by atoms with Gasteiger partial charge in [0.2, 0.25) is 23.8 Å². The van der Waals surface area contributed by atoms with Crippen molar-refractivity contribution in [3.63, 3.8) is 0 Å². The van der Waals surface area contributed by atoms with Crippen LogP contribution in [0.3, 0.4) is 0 Å². The summed E-state index contributed by atoms with van der Waals surface area (Å²) >= 11 is 0. The van der Waals surface area contributed by atoms with Gasteiger partial charge in [0.25, 0.3) is 0 Å². The number of fused-ring (bicyclic) bond motifs is 4. The third-order valence-electron chi connectivity index (χ3n) is 8.68. The fraction of sp³-hybridized carbons (Fsp3) is 0.621. The second kappa shape index (κ2) is 12.6. The number of amides is 2. The maximum Gasteiger partial charge on any atom is 0.404 e. The van der Waals surface area contributed by atoms with Crippen LogP contribution in [0.15, 0.2) is 22.6 Å². The van der Waals surface area contributed by atoms with Gasteiger partial charge in [-0.1, -0.05) is 0 Å². The van der Waals surface area contributed by atoms with Crippen molar-refractivity contribution in [1.82, 2.24) is 15.5 Å². The third kappa shape index (κ3) is 5.91. The topological polar surface area (TPSA) is 247 Å². The van der Waals surface area contributed by atoms with Crippen molar-refractivity contribution in [2.45, 2.75) is 83.1 Å². The van der Waals surface area contributed by atoms with Crippen LogP contribution >= 0.6 is 0 Å². The van der Waals surface area contributed by atoms with Crippen LogP contribution in [-0.4, -0.2) is 122 Å². The highest BCUT2D eigenvalue weighted by atomic mass is 16.7. The molecule has 1 aliphatic carbocycles. The Morgan fingerprint density at radius 2 is 1.64 bits per heavy atom. The summed E-state index contributed by atoms with van der Waals surface area (Å²) < 4.78 is 39.2. The predicted octanol–water partition coefficient (Wildman–Crippen LogP) is -1.94. The van der Waals surface area contributed by atoms with E-state index < -0.39 is 103 Å². The number of ether oxygens (including phenoxy) is 7. The number of methoxy groups -OCH3 is 1. The zero-order chi connectivity index (χ0) is 34.5. The average molecular weight is 665 g/mol. The molecule has 47 heavy (non-hydrogen) atoms. The molecule has 0 bridgehead atoms. The van der Waals surface area contributed by atoms with Crippen LogP contribution in [0.25, 0.3) is 0 Å². The number of nitrogens with zero attached hydrogens (tertiary/aromatic N) is 1. The number of carbonyl (C=O) groups is 7. The van der Waals surface area contributed by atoms with Crippen LogP contribution in [-0.2, 0) is 61.9 Å². The number of Topliss-reactive ketones (excluding diaryl/α,β-unsaturated/α-hetero) is 2. The summed E-state index contributed by atoms with van der Waals surface area (Å²) in [5.74, 6) is -5.75. The molecule has 0 aromatic carbocycles. The van der Waals surface area contributed by atoms with Crippen molar-refractivity contribution in [3.05, 3.63) is 22.6 Å². The fourth-order valence-corrected chi connectivity index (χ4v) is 6.92. The summed E-state index contributed by atoms with van der Waals surface area (Å²) in [6.07, 6.45) is -6.95. The molecular formula is C29H36N4O14. The molecule has 4 heterocycles. The van der Waals surface area contributed by atoms with Crippen molar-refractivity contribution in [2.75, 3.05) is 26.9 Å². The lowest BCUT2D eigenvalue weighted by atomic mass is 9.83. The van der Waals surface area contributed by atoms with E-state index in [-0.39, 0.29) is 28.9 Å². The summed E-state index contributed by atoms with van der Waals surface area (Å²) in [7, 11) is 1.42. The normalized spacial score (nSPS) is 33.8. The summed E-state index contributed by atoms with van der Waals surface area (Å²) in [5, 5.41) is 5.81. The Labute approximate surface area is 268 Å². The molecule has 0 radical (unpaired) electrons. The van der Waals surface area contributed by atoms with E-state index in [4.69, 9.17) is 38.9 Å². The Morgan fingerprint density at radius 1 is 0.979 bits per heavy atom. The number of hydrogen-bond donors (Lipinski definition) is 3. The first-order valence-electron chi connectivity index (χ1n) is 14.7. The molecule has 256 valence electrons. The second-order valence-electron chi connectivity index (χ2n) is 11.7. The Kier molecular flexibility index (Phi) is 9.04. The average Bonchev–Trinajstić information content (AvgIpc) is 3.59. The SMILES string of the molecule is CO[C@@]12[C@H](COC(N)=O)C3=C(C(=O)C(C)=C(O[C@@H]4O[C@H](COC(C)=O)[C@H](OC(C)=O)[C@H](OC(C)=O)[C@H]4NC(C)=O)C3=O)N1C[C@@H]1N[C@@H]12. The summed E-state index contributed by atoms with van der Waals surface area (Å²) in [6, 6.07) is -1.73. The van der Waals surface area contributed by atoms with E-state index in [0.717, 1.165) is 27.7 Å². The number of allylic oxidation sites excluding steroid dienone is 2. The number of esters is 3. The van der Waals surface area contributed by atoms with Crippen LogP contribution in [0.4, 0.5) is 4.79 Å². The Hall–Kier alpha value is -4.55. The quantitative estimate of drug-likeness (QED) is 0.0995. The summed E-state index contributed by atoms with van der Waals surface area (Å²) in [6.45, 7) is 5.26. The molecule has 18 nitrogen and oxygen atoms in total. The Bertz CT molecular complexity index is 1490. The van der Waals surface area contributed by atoms with Gasteiger partial charge >= 0.3 is 24.0 Å². The molecule has 3 fully saturated rings. The summed E-state index contributed by atoms with van der Waals surface area (Å²) in [5.41, 5.74) is 3.92. The highest BCUT2D eigenvalue weighted by molar-refractivity contribution is 6.25. The highest BCUT2D eigenvalue weighted by Gasteiger charge is 2.73. The van der Waals surface area contributed by atoms with Crippen molar-refractivity contribution in [2.24, 2.45) is 11.7 Å². The molecule has 4 N–H and O–H groups in total. The van der Waals surface area contributed by atoms with Crippen LogP contribution < -0.4 is 16.4 Å². The standard InChI is InChI=1S/C29H36N4O14/c1-10-21(38)20-18(15(8-43-28(30)40)29(41-6)26-16(32-26)7-33(20)29)22(39)23(10)47-27-19(31-11(2)34)25(45-14(5)37)24(44-13(4)36)17(46-27)9-42-12(3)35/h15-17,19,24-27,32H,7-9H2,1-6H3,(H2,30,40)(H,31,34)/t15-,16+,17-,19-,24+,25-,26+,27+,29-/m1/s1. The summed E-state index contributed by atoms with van der Waals surface area (Å²) in [4.78, 5) is 90.0. The lowest BCUT2D eigenvalue weighted by molar-refractivity contribution is -0.268. The third-order valence-corrected chi connectivity index (χ3v) is 8.68. The van der Waals surface area contributed by atoms with Gasteiger partial charge in [-0.15, -0.1) is 0 Å². The minimum atomic E-state index is -1.66. The lowest BCUT2D eigenvalue weighted by Crippen LogP contribution is -2.66. The zero-order valence-corrected chi connectivity index (χ0v) is 26.5. The molecule has 0 aromatic rings. The van der Waals surface area contributed by atoms with E-state index in [9.17, 15) is 33.6 Å². The number of nitrogens with two attached hydrogens (primary N) is 1. The molecule has 9 atom stereocenters. The van der Waals surface area contributed by atoms with Crippen molar-refractivity contribution >= 4 is 41.5 Å². The molecule has 0 spiro atoms. The maximum atomic E-state index is 14.4. The van der Waals surface area contributed by atoms with E-state index in [1.54, 1.807) is 4.90 Å². The van der Waals surface area contributed by atoms with Crippen molar-refractivity contribution in [3.8, 4) is 0 Å². The minimum Gasteiger partial charge on any atom is -0.463 e. The highest BCUT2D eigenvalue weighted by Crippen LogP contribution is 2.56. The number of carbonyl (C=O) groups excluding carboxylic acids is 7. The molecule has 5 rings (SSSR count). The number of ketones is 2. The first-order chi connectivity index (χ1) is 22.1. The number of primary amides is 1. The van der Waals surface area contributed by atoms with E-state index >= 15 is 0 Å². The van der Waals surface area contributed by atoms with Crippen LogP contribution in [0.2, 0.25) is 0 Å². The number of rotatable bonds is 10. The van der Waals surface area contributed by atoms with E-state index in [1.807, 2.05) is 0 Å². The van der Waals surface area contributed by atoms with Gasteiger partial charge in [0, 0.05) is 58.5 Å². The number of hydrogen-bond acceptors (Lipinski definition) is 16.